The van der Waals surface area contributed by atoms with Crippen LogP contribution in [0.2, 0.25) is 0 Å². The van der Waals surface area contributed by atoms with Gasteiger partial charge in [-0.3, -0.25) is 4.79 Å². The number of anilines is 1. The van der Waals surface area contributed by atoms with Gasteiger partial charge >= 0.3 is 5.97 Å². The van der Waals surface area contributed by atoms with Gasteiger partial charge in [0.05, 0.1) is 6.61 Å². The molecule has 0 atom stereocenters. The third kappa shape index (κ3) is 4.57. The van der Waals surface area contributed by atoms with E-state index >= 15 is 0 Å². The number of carbonyl (C=O) groups excluding carboxylic acids is 2. The molecule has 0 spiro atoms. The first kappa shape index (κ1) is 20.8. The number of aryl methyl sites for hydroxylation is 3. The molecule has 3 rings (SSSR count). The van der Waals surface area contributed by atoms with Crippen LogP contribution < -0.4 is 5.32 Å². The first-order chi connectivity index (χ1) is 13.9. The fourth-order valence-electron chi connectivity index (χ4n) is 3.24. The Kier molecular flexibility index (Phi) is 6.49. The minimum atomic E-state index is -0.430. The summed E-state index contributed by atoms with van der Waals surface area (Å²) in [5.74, 6) is -0.674. The van der Waals surface area contributed by atoms with Gasteiger partial charge in [0.1, 0.15) is 10.6 Å². The summed E-state index contributed by atoms with van der Waals surface area (Å²) >= 11 is 1.34. The van der Waals surface area contributed by atoms with E-state index in [0.29, 0.717) is 16.1 Å². The Morgan fingerprint density at radius 2 is 1.72 bits per heavy atom. The SMILES string of the molecule is CCOC(=O)c1c(-c2ccc(C)cc2C)csc1NC(=O)c1ccc(CC)cc1. The number of esters is 1. The largest absolute Gasteiger partial charge is 0.462 e. The Balaban J connectivity index is 1.98. The molecule has 1 heterocycles. The summed E-state index contributed by atoms with van der Waals surface area (Å²) in [6.07, 6.45) is 0.916. The van der Waals surface area contributed by atoms with Crippen molar-refractivity contribution in [2.45, 2.75) is 34.1 Å². The molecule has 2 aromatic carbocycles. The Hall–Kier alpha value is -2.92. The molecule has 3 aromatic rings. The van der Waals surface area contributed by atoms with Gasteiger partial charge in [0.25, 0.3) is 5.91 Å². The molecule has 0 bridgehead atoms. The molecule has 0 unspecified atom stereocenters. The van der Waals surface area contributed by atoms with Gasteiger partial charge in [-0.1, -0.05) is 42.8 Å². The summed E-state index contributed by atoms with van der Waals surface area (Å²) in [5, 5.41) is 5.31. The fourth-order valence-corrected chi connectivity index (χ4v) is 4.18. The van der Waals surface area contributed by atoms with Gasteiger partial charge < -0.3 is 10.1 Å². The molecule has 29 heavy (non-hydrogen) atoms. The second kappa shape index (κ2) is 9.05. The highest BCUT2D eigenvalue weighted by Crippen LogP contribution is 2.38. The summed E-state index contributed by atoms with van der Waals surface area (Å²) in [5.41, 5.74) is 6.10. The molecule has 4 nitrogen and oxygen atoms in total. The smallest absolute Gasteiger partial charge is 0.341 e. The van der Waals surface area contributed by atoms with Crippen LogP contribution in [-0.2, 0) is 11.2 Å². The number of amides is 1. The first-order valence-corrected chi connectivity index (χ1v) is 10.6. The van der Waals surface area contributed by atoms with Crippen molar-refractivity contribution in [1.82, 2.24) is 0 Å². The minimum absolute atomic E-state index is 0.243. The predicted molar refractivity (Wildman–Crippen MR) is 119 cm³/mol. The highest BCUT2D eigenvalue weighted by atomic mass is 32.1. The molecule has 0 aliphatic carbocycles. The average Bonchev–Trinajstić information content (AvgIpc) is 3.11. The van der Waals surface area contributed by atoms with Crippen LogP contribution in [0.3, 0.4) is 0 Å². The molecule has 0 aliphatic heterocycles. The van der Waals surface area contributed by atoms with Gasteiger partial charge in [0.2, 0.25) is 0 Å². The van der Waals surface area contributed by atoms with E-state index < -0.39 is 5.97 Å². The monoisotopic (exact) mass is 407 g/mol. The second-order valence-electron chi connectivity index (χ2n) is 6.90. The third-order valence-corrected chi connectivity index (χ3v) is 5.69. The lowest BCUT2D eigenvalue weighted by Crippen LogP contribution is -2.15. The average molecular weight is 408 g/mol. The van der Waals surface area contributed by atoms with Crippen LogP contribution in [0.4, 0.5) is 5.00 Å². The topological polar surface area (TPSA) is 55.4 Å². The number of benzene rings is 2. The molecular weight excluding hydrogens is 382 g/mol. The van der Waals surface area contributed by atoms with E-state index in [9.17, 15) is 9.59 Å². The van der Waals surface area contributed by atoms with E-state index in [1.807, 2.05) is 43.5 Å². The number of rotatable bonds is 6. The number of hydrogen-bond acceptors (Lipinski definition) is 4. The van der Waals surface area contributed by atoms with Crippen LogP contribution in [0.15, 0.2) is 47.8 Å². The number of thiophene rings is 1. The molecule has 0 aliphatic rings. The Morgan fingerprint density at radius 3 is 2.34 bits per heavy atom. The Morgan fingerprint density at radius 1 is 1.00 bits per heavy atom. The van der Waals surface area contributed by atoms with Crippen LogP contribution in [-0.4, -0.2) is 18.5 Å². The molecule has 5 heteroatoms. The van der Waals surface area contributed by atoms with Crippen molar-refractivity contribution in [3.63, 3.8) is 0 Å². The van der Waals surface area contributed by atoms with Crippen LogP contribution >= 0.6 is 11.3 Å². The zero-order valence-corrected chi connectivity index (χ0v) is 18.0. The maximum atomic E-state index is 12.7. The van der Waals surface area contributed by atoms with Crippen molar-refractivity contribution in [3.8, 4) is 11.1 Å². The van der Waals surface area contributed by atoms with E-state index in [0.717, 1.165) is 28.7 Å². The zero-order valence-electron chi connectivity index (χ0n) is 17.2. The maximum Gasteiger partial charge on any atom is 0.341 e. The lowest BCUT2D eigenvalue weighted by molar-refractivity contribution is 0.0529. The molecule has 150 valence electrons. The Labute approximate surface area is 175 Å². The predicted octanol–water partition coefficient (Wildman–Crippen LogP) is 6.02. The van der Waals surface area contributed by atoms with E-state index in [2.05, 4.69) is 18.3 Å². The van der Waals surface area contributed by atoms with E-state index in [1.54, 1.807) is 19.1 Å². The molecular formula is C24H25NO3S. The summed E-state index contributed by atoms with van der Waals surface area (Å²) in [6.45, 7) is 8.16. The minimum Gasteiger partial charge on any atom is -0.462 e. The lowest BCUT2D eigenvalue weighted by Gasteiger charge is -2.11. The zero-order chi connectivity index (χ0) is 21.0. The van der Waals surface area contributed by atoms with Gasteiger partial charge in [-0.15, -0.1) is 11.3 Å². The highest BCUT2D eigenvalue weighted by Gasteiger charge is 2.24. The van der Waals surface area contributed by atoms with Gasteiger partial charge in [0, 0.05) is 16.5 Å². The number of hydrogen-bond donors (Lipinski definition) is 1. The van der Waals surface area contributed by atoms with Gasteiger partial charge in [-0.2, -0.15) is 0 Å². The summed E-state index contributed by atoms with van der Waals surface area (Å²) in [4.78, 5) is 25.5. The quantitative estimate of drug-likeness (QED) is 0.508. The molecule has 0 fully saturated rings. The maximum absolute atomic E-state index is 12.7. The molecule has 1 amide bonds. The molecule has 0 saturated carbocycles. The van der Waals surface area contributed by atoms with Gasteiger partial charge in [-0.05, 0) is 56.0 Å². The van der Waals surface area contributed by atoms with Crippen LogP contribution in [0.5, 0.6) is 0 Å². The van der Waals surface area contributed by atoms with Crippen molar-refractivity contribution in [3.05, 3.63) is 75.7 Å². The molecule has 1 N–H and O–H groups in total. The first-order valence-electron chi connectivity index (χ1n) is 9.71. The molecule has 0 saturated heterocycles. The second-order valence-corrected chi connectivity index (χ2v) is 7.78. The fraction of sp³-hybridized carbons (Fsp3) is 0.250. The number of nitrogens with one attached hydrogen (secondary N) is 1. The third-order valence-electron chi connectivity index (χ3n) is 4.79. The van der Waals surface area contributed by atoms with Crippen LogP contribution in [0, 0.1) is 13.8 Å². The normalized spacial score (nSPS) is 10.6. The summed E-state index contributed by atoms with van der Waals surface area (Å²) in [7, 11) is 0. The highest BCUT2D eigenvalue weighted by molar-refractivity contribution is 7.15. The van der Waals surface area contributed by atoms with Crippen LogP contribution in [0.25, 0.3) is 11.1 Å². The van der Waals surface area contributed by atoms with E-state index in [-0.39, 0.29) is 12.5 Å². The molecule has 1 aromatic heterocycles. The standard InChI is InChI=1S/C24H25NO3S/c1-5-17-8-10-18(11-9-17)22(26)25-23-21(24(27)28-6-2)20(14-29-23)19-12-7-15(3)13-16(19)4/h7-14H,5-6H2,1-4H3,(H,25,26). The van der Waals surface area contributed by atoms with Crippen molar-refractivity contribution in [2.75, 3.05) is 11.9 Å². The summed E-state index contributed by atoms with van der Waals surface area (Å²) < 4.78 is 5.29. The van der Waals surface area contributed by atoms with E-state index in [4.69, 9.17) is 4.74 Å². The number of carbonyl (C=O) groups is 2. The van der Waals surface area contributed by atoms with Crippen molar-refractivity contribution < 1.29 is 14.3 Å². The number of ether oxygens (including phenoxy) is 1. The summed E-state index contributed by atoms with van der Waals surface area (Å²) in [6, 6.07) is 13.6. The van der Waals surface area contributed by atoms with Crippen molar-refractivity contribution in [2.24, 2.45) is 0 Å². The van der Waals surface area contributed by atoms with Crippen molar-refractivity contribution >= 4 is 28.2 Å². The Bertz CT molecular complexity index is 1030. The van der Waals surface area contributed by atoms with Gasteiger partial charge in [0.15, 0.2) is 0 Å². The van der Waals surface area contributed by atoms with Crippen molar-refractivity contribution in [1.29, 1.82) is 0 Å². The van der Waals surface area contributed by atoms with E-state index in [1.165, 1.54) is 16.9 Å². The molecule has 0 radical (unpaired) electrons. The van der Waals surface area contributed by atoms with Gasteiger partial charge in [-0.25, -0.2) is 4.79 Å². The van der Waals surface area contributed by atoms with Crippen LogP contribution in [0.1, 0.15) is 51.3 Å². The lowest BCUT2D eigenvalue weighted by atomic mass is 9.97.